The average Bonchev–Trinajstić information content (AvgIpc) is 3.14. The highest BCUT2D eigenvalue weighted by atomic mass is 32.2. The predicted molar refractivity (Wildman–Crippen MR) is 95.3 cm³/mol. The van der Waals surface area contributed by atoms with Crippen LogP contribution in [0.3, 0.4) is 0 Å². The van der Waals surface area contributed by atoms with E-state index in [0.29, 0.717) is 18.7 Å². The summed E-state index contributed by atoms with van der Waals surface area (Å²) in [4.78, 5) is 4.38. The number of benzene rings is 1. The third kappa shape index (κ3) is 2.53. The summed E-state index contributed by atoms with van der Waals surface area (Å²) in [6, 6.07) is 4.20. The van der Waals surface area contributed by atoms with E-state index in [4.69, 9.17) is 11.5 Å². The molecule has 3 atom stereocenters. The Morgan fingerprint density at radius 3 is 2.92 bits per heavy atom. The lowest BCUT2D eigenvalue weighted by Crippen LogP contribution is -2.46. The van der Waals surface area contributed by atoms with Gasteiger partial charge >= 0.3 is 0 Å². The molecule has 2 aliphatic heterocycles. The van der Waals surface area contributed by atoms with Crippen molar-refractivity contribution in [3.8, 4) is 0 Å². The lowest BCUT2D eigenvalue weighted by molar-refractivity contribution is 0.231. The van der Waals surface area contributed by atoms with E-state index in [9.17, 15) is 8.78 Å². The molecule has 0 saturated heterocycles. The molecule has 3 aliphatic rings. The first-order valence-electron chi connectivity index (χ1n) is 8.01. The van der Waals surface area contributed by atoms with Gasteiger partial charge in [0.1, 0.15) is 18.0 Å². The topological polar surface area (TPSA) is 91.7 Å². The molecule has 6 N–H and O–H groups in total. The number of rotatable bonds is 4. The maximum Gasteiger partial charge on any atom is 0.155 e. The number of halogens is 2. The van der Waals surface area contributed by atoms with Crippen molar-refractivity contribution in [2.45, 2.75) is 23.6 Å². The van der Waals surface area contributed by atoms with Gasteiger partial charge in [0.25, 0.3) is 0 Å². The van der Waals surface area contributed by atoms with Crippen LogP contribution in [0.2, 0.25) is 0 Å². The van der Waals surface area contributed by atoms with Crippen LogP contribution in [0.5, 0.6) is 0 Å². The Labute approximate surface area is 148 Å². The number of nitrogens with one attached hydrogen (secondary N) is 2. The van der Waals surface area contributed by atoms with Crippen LogP contribution < -0.4 is 22.4 Å². The normalized spacial score (nSPS) is 33.4. The molecule has 134 valence electrons. The number of alkyl halides is 1. The van der Waals surface area contributed by atoms with Crippen molar-refractivity contribution in [1.82, 2.24) is 16.0 Å². The second-order valence-corrected chi connectivity index (χ2v) is 8.28. The summed E-state index contributed by atoms with van der Waals surface area (Å²) in [6.45, 7) is 1.73. The molecule has 1 aliphatic carbocycles. The zero-order valence-corrected chi connectivity index (χ0v) is 14.5. The highest BCUT2D eigenvalue weighted by Crippen LogP contribution is 2.66. The standard InChI is InChI=1S/C16H20F2N6S/c1-9-6-24(23-22-9)8-15-5-13(15)16(7-17,21-14(20)25-15)11-4-10(19)2-3-12(11)18/h2-4,6,13,22-23H,5,7-8,19H2,1H3,(H2,20,21)/t13-,15-,16-/m1/s1. The van der Waals surface area contributed by atoms with Crippen molar-refractivity contribution in [3.63, 3.8) is 0 Å². The van der Waals surface area contributed by atoms with E-state index >= 15 is 0 Å². The van der Waals surface area contributed by atoms with Crippen LogP contribution in [-0.2, 0) is 5.54 Å². The predicted octanol–water partition coefficient (Wildman–Crippen LogP) is 1.58. The number of hydrogen-bond donors (Lipinski definition) is 4. The number of allylic oxidation sites excluding steroid dienone is 1. The number of amidine groups is 1. The highest BCUT2D eigenvalue weighted by Gasteiger charge is 2.68. The maximum atomic E-state index is 14.5. The number of aliphatic imine (C=N–C) groups is 1. The number of nitrogens with two attached hydrogens (primary N) is 2. The van der Waals surface area contributed by atoms with Crippen molar-refractivity contribution < 1.29 is 8.78 Å². The molecule has 1 saturated carbocycles. The number of nitrogens with zero attached hydrogens (tertiary/aromatic N) is 2. The van der Waals surface area contributed by atoms with Crippen LogP contribution >= 0.6 is 11.8 Å². The first-order chi connectivity index (χ1) is 11.9. The molecule has 1 aromatic carbocycles. The van der Waals surface area contributed by atoms with Gasteiger partial charge in [-0.15, -0.1) is 5.53 Å². The fourth-order valence-electron chi connectivity index (χ4n) is 3.87. The van der Waals surface area contributed by atoms with Crippen molar-refractivity contribution in [1.29, 1.82) is 0 Å². The Bertz CT molecular complexity index is 784. The first-order valence-corrected chi connectivity index (χ1v) is 8.83. The van der Waals surface area contributed by atoms with Crippen LogP contribution in [0.25, 0.3) is 0 Å². The third-order valence-electron chi connectivity index (χ3n) is 5.06. The molecule has 2 heterocycles. The van der Waals surface area contributed by atoms with Gasteiger partial charge in [-0.3, -0.25) is 5.01 Å². The van der Waals surface area contributed by atoms with Gasteiger partial charge in [-0.05, 0) is 31.5 Å². The Morgan fingerprint density at radius 2 is 2.24 bits per heavy atom. The number of fused-ring (bicyclic) bond motifs is 1. The molecule has 25 heavy (non-hydrogen) atoms. The van der Waals surface area contributed by atoms with Crippen molar-refractivity contribution >= 4 is 22.6 Å². The van der Waals surface area contributed by atoms with Gasteiger partial charge in [-0.25, -0.2) is 13.8 Å². The molecule has 1 fully saturated rings. The minimum Gasteiger partial charge on any atom is -0.399 e. The second-order valence-electron chi connectivity index (χ2n) is 6.85. The summed E-state index contributed by atoms with van der Waals surface area (Å²) >= 11 is 1.44. The summed E-state index contributed by atoms with van der Waals surface area (Å²) in [7, 11) is 0. The lowest BCUT2D eigenvalue weighted by atomic mass is 9.84. The number of hydrogen-bond acceptors (Lipinski definition) is 7. The largest absolute Gasteiger partial charge is 0.399 e. The van der Waals surface area contributed by atoms with E-state index in [1.165, 1.54) is 30.0 Å². The molecular formula is C16H20F2N6S. The van der Waals surface area contributed by atoms with Gasteiger partial charge in [0.05, 0.1) is 6.54 Å². The molecule has 9 heteroatoms. The second kappa shape index (κ2) is 5.50. The highest BCUT2D eigenvalue weighted by molar-refractivity contribution is 8.15. The monoisotopic (exact) mass is 366 g/mol. The molecule has 0 amide bonds. The van der Waals surface area contributed by atoms with Gasteiger partial charge in [0.2, 0.25) is 0 Å². The summed E-state index contributed by atoms with van der Waals surface area (Å²) in [5.74, 6) is -0.664. The number of thioether (sulfide) groups is 1. The smallest absolute Gasteiger partial charge is 0.155 e. The maximum absolute atomic E-state index is 14.5. The van der Waals surface area contributed by atoms with Crippen LogP contribution in [-0.4, -0.2) is 28.1 Å². The molecule has 1 aromatic rings. The van der Waals surface area contributed by atoms with Crippen molar-refractivity contribution in [3.05, 3.63) is 41.5 Å². The van der Waals surface area contributed by atoms with Crippen molar-refractivity contribution in [2.75, 3.05) is 19.0 Å². The fourth-order valence-corrected chi connectivity index (χ4v) is 5.28. The molecule has 0 bridgehead atoms. The van der Waals surface area contributed by atoms with E-state index in [-0.39, 0.29) is 21.4 Å². The van der Waals surface area contributed by atoms with Crippen molar-refractivity contribution in [2.24, 2.45) is 16.6 Å². The van der Waals surface area contributed by atoms with Gasteiger partial charge in [-0.1, -0.05) is 11.8 Å². The molecule has 0 aromatic heterocycles. The van der Waals surface area contributed by atoms with Gasteiger partial charge in [0.15, 0.2) is 5.17 Å². The quantitative estimate of drug-likeness (QED) is 0.605. The van der Waals surface area contributed by atoms with Gasteiger partial charge in [-0.2, -0.15) is 0 Å². The van der Waals surface area contributed by atoms with Crippen LogP contribution in [0.4, 0.5) is 14.5 Å². The van der Waals surface area contributed by atoms with E-state index in [2.05, 4.69) is 16.0 Å². The van der Waals surface area contributed by atoms with E-state index in [1.54, 1.807) is 0 Å². The summed E-state index contributed by atoms with van der Waals surface area (Å²) < 4.78 is 28.5. The van der Waals surface area contributed by atoms with E-state index in [0.717, 1.165) is 5.70 Å². The Morgan fingerprint density at radius 1 is 1.44 bits per heavy atom. The Balaban J connectivity index is 1.72. The zero-order valence-electron chi connectivity index (χ0n) is 13.7. The number of anilines is 1. The minimum absolute atomic E-state index is 0.158. The van der Waals surface area contributed by atoms with Gasteiger partial charge in [0, 0.05) is 33.8 Å². The minimum atomic E-state index is -1.32. The molecule has 4 rings (SSSR count). The Hall–Kier alpha value is -2.00. The van der Waals surface area contributed by atoms with Crippen LogP contribution in [0, 0.1) is 11.7 Å². The zero-order chi connectivity index (χ0) is 17.8. The molecule has 6 nitrogen and oxygen atoms in total. The number of nitrogen functional groups attached to an aromatic ring is 1. The van der Waals surface area contributed by atoms with Crippen LogP contribution in [0.15, 0.2) is 35.1 Å². The number of hydrazine groups is 2. The molecule has 0 radical (unpaired) electrons. The first kappa shape index (κ1) is 16.5. The van der Waals surface area contributed by atoms with E-state index < -0.39 is 18.0 Å². The molecule has 0 spiro atoms. The summed E-state index contributed by atoms with van der Waals surface area (Å²) in [6.07, 6.45) is 2.63. The van der Waals surface area contributed by atoms with Gasteiger partial charge < -0.3 is 16.9 Å². The van der Waals surface area contributed by atoms with E-state index in [1.807, 2.05) is 18.1 Å². The lowest BCUT2D eigenvalue weighted by Gasteiger charge is -2.36. The molecular weight excluding hydrogens is 346 g/mol. The molecule has 0 unspecified atom stereocenters. The third-order valence-corrected chi connectivity index (χ3v) is 6.35. The summed E-state index contributed by atoms with van der Waals surface area (Å²) in [5, 5.41) is 2.18. The van der Waals surface area contributed by atoms with Crippen LogP contribution in [0.1, 0.15) is 18.9 Å². The fraction of sp³-hybridized carbons (Fsp3) is 0.438. The Kier molecular flexibility index (Phi) is 3.62. The average molecular weight is 366 g/mol. The summed E-state index contributed by atoms with van der Waals surface area (Å²) in [5.41, 5.74) is 18.1. The SMILES string of the molecule is CC1=CN(C[C@]23C[C@H]2[C@@](CF)(c2cc(N)ccc2F)N=C(N)S3)NN1.